The highest BCUT2D eigenvalue weighted by Crippen LogP contribution is 2.44. The van der Waals surface area contributed by atoms with Gasteiger partial charge in [0.2, 0.25) is 0 Å². The smallest absolute Gasteiger partial charge is 0.456 e. The monoisotopic (exact) mass is 1450 g/mol. The molecular weight excluding hydrogens is 1390 g/mol. The van der Waals surface area contributed by atoms with Gasteiger partial charge in [-0.25, -0.2) is 29.9 Å². The fraction of sp³-hybridized carbons (Fsp3) is 0.0722. The molecule has 15 heteroatoms. The molecule has 23 rings (SSSR count). The van der Waals surface area contributed by atoms with E-state index in [4.69, 9.17) is 55.7 Å². The van der Waals surface area contributed by atoms with Crippen LogP contribution in [0.1, 0.15) is 33.5 Å². The first-order chi connectivity index (χ1) is 54.8. The largest absolute Gasteiger partial charge is 0.494 e. The second kappa shape index (κ2) is 26.1. The fourth-order valence-electron chi connectivity index (χ4n) is 15.5. The predicted octanol–water partition coefficient (Wildman–Crippen LogP) is 25.1. The van der Waals surface area contributed by atoms with Crippen molar-refractivity contribution in [1.29, 1.82) is 0 Å². The zero-order chi connectivity index (χ0) is 74.9. The van der Waals surface area contributed by atoms with Crippen LogP contribution in [0.5, 0.6) is 0 Å². The van der Waals surface area contributed by atoms with E-state index in [1.807, 2.05) is 177 Å². The van der Waals surface area contributed by atoms with Crippen LogP contribution in [-0.2, 0) is 9.31 Å². The fourth-order valence-corrected chi connectivity index (χ4v) is 15.5. The molecular formula is C97H65BN6O8. The quantitative estimate of drug-likeness (QED) is 0.131. The number of hydrogen-bond acceptors (Lipinski definition) is 14. The third-order valence-electron chi connectivity index (χ3n) is 21.9. The van der Waals surface area contributed by atoms with Gasteiger partial charge in [0.25, 0.3) is 0 Å². The lowest BCUT2D eigenvalue weighted by atomic mass is 9.79. The molecule has 0 aliphatic carbocycles. The number of hydrogen-bond donors (Lipinski definition) is 0. The molecule has 0 bridgehead atoms. The first-order valence-corrected chi connectivity index (χ1v) is 37.3. The average Bonchev–Trinajstić information content (AvgIpc) is 1.60. The van der Waals surface area contributed by atoms with Gasteiger partial charge in [0, 0.05) is 104 Å². The van der Waals surface area contributed by atoms with E-state index in [0.717, 1.165) is 187 Å². The van der Waals surface area contributed by atoms with Crippen molar-refractivity contribution < 1.29 is 35.8 Å². The molecule has 1 aliphatic heterocycles. The number of rotatable bonds is 8. The summed E-state index contributed by atoms with van der Waals surface area (Å²) in [7, 11) is -0.418. The predicted molar refractivity (Wildman–Crippen MR) is 448 cm³/mol. The molecule has 534 valence electrons. The molecule has 0 amide bonds. The van der Waals surface area contributed by atoms with Crippen molar-refractivity contribution in [2.75, 3.05) is 0 Å². The Kier molecular flexibility index (Phi) is 15.4. The zero-order valence-electron chi connectivity index (χ0n) is 61.4. The Morgan fingerprint density at radius 3 is 0.982 bits per heavy atom. The maximum atomic E-state index is 6.55. The van der Waals surface area contributed by atoms with Gasteiger partial charge in [-0.2, -0.15) is 0 Å². The molecule has 1 fully saturated rings. The van der Waals surface area contributed by atoms with Crippen molar-refractivity contribution in [3.05, 3.63) is 309 Å². The number of aryl methyl sites for hydroxylation is 1. The molecule has 0 unspecified atom stereocenters. The third kappa shape index (κ3) is 11.4. The normalized spacial score (nSPS) is 13.5. The number of furan rings is 6. The summed E-state index contributed by atoms with van der Waals surface area (Å²) in [6.07, 6.45) is 0. The number of fused-ring (bicyclic) bond motifs is 18. The van der Waals surface area contributed by atoms with E-state index in [-0.39, 0.29) is 11.2 Å². The average molecular weight is 1450 g/mol. The Labute approximate surface area is 640 Å². The highest BCUT2D eigenvalue weighted by atomic mass is 16.7. The SMILES string of the molecule is CC1(C)OB(c2ccc3c(c2)oc2cc(-c4cccc5c4oc4ccccc45)ccc23)OC1(C)C.Cc1nc(-c2ccccc2)nc(-c2ccc3oc4ccccc4c3c2)n1.c1ccc(-c2nc(-c3ccc4c(c3)oc3cc(-c5cccc6c5oc5ccccc56)ccc34)nc(-c3ccc4oc5ccccc5c4c3)n2)cc1. The van der Waals surface area contributed by atoms with Gasteiger partial charge < -0.3 is 35.8 Å². The summed E-state index contributed by atoms with van der Waals surface area (Å²) < 4.78 is 50.0. The van der Waals surface area contributed by atoms with Crippen LogP contribution in [0.2, 0.25) is 0 Å². The molecule has 14 aromatic carbocycles. The summed E-state index contributed by atoms with van der Waals surface area (Å²) in [5.41, 5.74) is 19.1. The Hall–Kier alpha value is -14.1. The van der Waals surface area contributed by atoms with E-state index in [1.54, 1.807) is 0 Å². The Bertz CT molecular complexity index is 7500. The standard InChI is InChI=1S/C45H25N3O3.C30H25BO4.C22H15N3O/c1-2-9-26(10-3-1)43-46-44(28-19-22-39-36(23-28)32-12-5-6-15-37(32)49-39)48-45(47-43)29-18-21-34-33-20-17-27(24-40(33)50-41(34)25-29)30-13-8-14-35-31-11-4-7-16-38(31)51-42(30)35;1-29(2)30(3,4)35-31(34-29)19-13-15-23-22-14-12-18(16-26(22)32-27(23)17-19)20-9-7-10-24-21-8-5-6-11-25(21)33-28(20)24;1-14-23-21(15-7-3-2-4-8-15)25-22(24-14)16-11-12-20-18(13-16)17-9-5-6-10-19(17)26-20/h1-25H;5-17H,1-4H3;2-13H,1H3. The van der Waals surface area contributed by atoms with E-state index >= 15 is 0 Å². The van der Waals surface area contributed by atoms with Crippen LogP contribution in [0.25, 0.3) is 211 Å². The third-order valence-corrected chi connectivity index (χ3v) is 21.9. The van der Waals surface area contributed by atoms with E-state index in [1.165, 1.54) is 0 Å². The Morgan fingerprint density at radius 2 is 0.527 bits per heavy atom. The molecule has 0 N–H and O–H groups in total. The van der Waals surface area contributed by atoms with Crippen LogP contribution in [0.15, 0.2) is 330 Å². The molecule has 0 spiro atoms. The maximum absolute atomic E-state index is 6.55. The highest BCUT2D eigenvalue weighted by Gasteiger charge is 2.52. The van der Waals surface area contributed by atoms with Crippen LogP contribution in [0, 0.1) is 6.92 Å². The number of para-hydroxylation sites is 6. The van der Waals surface area contributed by atoms with Gasteiger partial charge in [-0.1, -0.05) is 200 Å². The van der Waals surface area contributed by atoms with Crippen molar-refractivity contribution in [1.82, 2.24) is 29.9 Å². The lowest BCUT2D eigenvalue weighted by Gasteiger charge is -2.32. The molecule has 0 atom stereocenters. The first kappa shape index (κ1) is 66.1. The minimum absolute atomic E-state index is 0.382. The van der Waals surface area contributed by atoms with Gasteiger partial charge in [-0.05, 0) is 154 Å². The van der Waals surface area contributed by atoms with E-state index < -0.39 is 7.12 Å². The minimum Gasteiger partial charge on any atom is -0.456 e. The van der Waals surface area contributed by atoms with Gasteiger partial charge in [0.1, 0.15) is 72.8 Å². The number of nitrogens with zero attached hydrogens (tertiary/aromatic N) is 6. The van der Waals surface area contributed by atoms with Crippen LogP contribution >= 0.6 is 0 Å². The van der Waals surface area contributed by atoms with Gasteiger partial charge in [-0.15, -0.1) is 0 Å². The lowest BCUT2D eigenvalue weighted by molar-refractivity contribution is 0.00578. The topological polar surface area (TPSA) is 175 Å². The van der Waals surface area contributed by atoms with E-state index in [0.29, 0.717) is 34.9 Å². The van der Waals surface area contributed by atoms with Gasteiger partial charge in [0.05, 0.1) is 11.2 Å². The molecule has 0 radical (unpaired) electrons. The molecule has 0 saturated carbocycles. The summed E-state index contributed by atoms with van der Waals surface area (Å²) in [5.74, 6) is 3.80. The van der Waals surface area contributed by atoms with E-state index in [9.17, 15) is 0 Å². The van der Waals surface area contributed by atoms with Crippen molar-refractivity contribution in [3.8, 4) is 79.2 Å². The molecule has 22 aromatic rings. The van der Waals surface area contributed by atoms with Crippen LogP contribution in [0.3, 0.4) is 0 Å². The van der Waals surface area contributed by atoms with Crippen molar-refractivity contribution in [2.45, 2.75) is 45.8 Å². The zero-order valence-corrected chi connectivity index (χ0v) is 61.4. The van der Waals surface area contributed by atoms with Crippen LogP contribution < -0.4 is 5.46 Å². The summed E-state index contributed by atoms with van der Waals surface area (Å²) >= 11 is 0. The number of aromatic nitrogens is 6. The van der Waals surface area contributed by atoms with Gasteiger partial charge >= 0.3 is 7.12 Å². The minimum atomic E-state index is -0.418. The molecule has 112 heavy (non-hydrogen) atoms. The van der Waals surface area contributed by atoms with Gasteiger partial charge in [-0.3, -0.25) is 0 Å². The van der Waals surface area contributed by atoms with Crippen molar-refractivity contribution in [2.24, 2.45) is 0 Å². The second-order valence-electron chi connectivity index (χ2n) is 29.4. The Morgan fingerprint density at radius 1 is 0.223 bits per heavy atom. The molecule has 9 heterocycles. The summed E-state index contributed by atoms with van der Waals surface area (Å²) in [6, 6.07) is 102. The molecule has 8 aromatic heterocycles. The summed E-state index contributed by atoms with van der Waals surface area (Å²) in [5, 5.41) is 12.9. The maximum Gasteiger partial charge on any atom is 0.494 e. The first-order valence-electron chi connectivity index (χ1n) is 37.3. The summed E-state index contributed by atoms with van der Waals surface area (Å²) in [4.78, 5) is 28.7. The van der Waals surface area contributed by atoms with Crippen molar-refractivity contribution >= 4 is 144 Å². The second-order valence-corrected chi connectivity index (χ2v) is 29.4. The van der Waals surface area contributed by atoms with E-state index in [2.05, 4.69) is 171 Å². The van der Waals surface area contributed by atoms with Crippen LogP contribution in [0.4, 0.5) is 0 Å². The Balaban J connectivity index is 0.000000113. The molecule has 1 aliphatic rings. The highest BCUT2D eigenvalue weighted by molar-refractivity contribution is 6.62. The molecule has 14 nitrogen and oxygen atoms in total. The lowest BCUT2D eigenvalue weighted by Crippen LogP contribution is -2.41. The summed E-state index contributed by atoms with van der Waals surface area (Å²) in [6.45, 7) is 10.2. The van der Waals surface area contributed by atoms with Gasteiger partial charge in [0.15, 0.2) is 29.1 Å². The van der Waals surface area contributed by atoms with Crippen LogP contribution in [-0.4, -0.2) is 48.2 Å². The van der Waals surface area contributed by atoms with Crippen molar-refractivity contribution in [3.63, 3.8) is 0 Å². The molecule has 1 saturated heterocycles. The number of benzene rings is 14.